The zero-order valence-corrected chi connectivity index (χ0v) is 12.2. The molecule has 0 saturated heterocycles. The maximum absolute atomic E-state index is 12.1. The normalized spacial score (nSPS) is 10.7. The smallest absolute Gasteiger partial charge is 0.255 e. The van der Waals surface area contributed by atoms with Crippen LogP contribution in [-0.2, 0) is 13.0 Å². The van der Waals surface area contributed by atoms with E-state index in [1.807, 2.05) is 13.0 Å². The minimum atomic E-state index is -0.0977. The van der Waals surface area contributed by atoms with Gasteiger partial charge >= 0.3 is 0 Å². The van der Waals surface area contributed by atoms with Crippen LogP contribution in [0.3, 0.4) is 0 Å². The van der Waals surface area contributed by atoms with Crippen molar-refractivity contribution < 1.29 is 0 Å². The highest BCUT2D eigenvalue weighted by molar-refractivity contribution is 6.29. The van der Waals surface area contributed by atoms with Crippen LogP contribution in [0.4, 0.5) is 0 Å². The molecule has 0 atom stereocenters. The Morgan fingerprint density at radius 2 is 1.89 bits per heavy atom. The number of rotatable bonds is 3. The molecular formula is C15H17ClN2O. The maximum Gasteiger partial charge on any atom is 0.255 e. The Bertz CT molecular complexity index is 641. The van der Waals surface area contributed by atoms with E-state index in [4.69, 9.17) is 11.6 Å². The minimum absolute atomic E-state index is 0.0977. The van der Waals surface area contributed by atoms with Gasteiger partial charge in [0.2, 0.25) is 0 Å². The molecule has 3 nitrogen and oxygen atoms in total. The third-order valence-electron chi connectivity index (χ3n) is 3.33. The highest BCUT2D eigenvalue weighted by atomic mass is 35.5. The summed E-state index contributed by atoms with van der Waals surface area (Å²) in [5, 5.41) is 0.264. The van der Waals surface area contributed by atoms with Crippen LogP contribution in [0.5, 0.6) is 0 Å². The molecule has 0 aliphatic rings. The van der Waals surface area contributed by atoms with E-state index >= 15 is 0 Å². The Labute approximate surface area is 117 Å². The van der Waals surface area contributed by atoms with E-state index in [2.05, 4.69) is 31.0 Å². The van der Waals surface area contributed by atoms with Crippen molar-refractivity contribution in [1.29, 1.82) is 0 Å². The van der Waals surface area contributed by atoms with Gasteiger partial charge in [-0.3, -0.25) is 9.36 Å². The van der Waals surface area contributed by atoms with Crippen molar-refractivity contribution in [3.8, 4) is 0 Å². The van der Waals surface area contributed by atoms with Crippen LogP contribution in [0.2, 0.25) is 5.15 Å². The molecule has 1 heterocycles. The van der Waals surface area contributed by atoms with Crippen molar-refractivity contribution in [2.24, 2.45) is 0 Å². The average molecular weight is 277 g/mol. The van der Waals surface area contributed by atoms with Gasteiger partial charge in [-0.2, -0.15) is 0 Å². The van der Waals surface area contributed by atoms with Crippen LogP contribution in [0.15, 0.2) is 29.1 Å². The summed E-state index contributed by atoms with van der Waals surface area (Å²) in [4.78, 5) is 16.3. The average Bonchev–Trinajstić information content (AvgIpc) is 2.35. The van der Waals surface area contributed by atoms with Gasteiger partial charge in [-0.05, 0) is 30.5 Å². The van der Waals surface area contributed by atoms with Crippen LogP contribution >= 0.6 is 11.6 Å². The zero-order chi connectivity index (χ0) is 14.0. The molecule has 0 saturated carbocycles. The third-order valence-corrected chi connectivity index (χ3v) is 3.53. The molecule has 19 heavy (non-hydrogen) atoms. The second-order valence-electron chi connectivity index (χ2n) is 4.64. The van der Waals surface area contributed by atoms with E-state index < -0.39 is 0 Å². The second kappa shape index (κ2) is 5.57. The van der Waals surface area contributed by atoms with Crippen molar-refractivity contribution >= 4 is 11.6 Å². The SMILES string of the molecule is CCc1nc(Cl)cc(=O)n1Cc1c(C)cccc1C. The standard InChI is InChI=1S/C15H17ClN2O/c1-4-14-17-13(16)8-15(19)18(14)9-12-10(2)6-5-7-11(12)3/h5-8H,4,9H2,1-3H3. The Hall–Kier alpha value is -1.61. The zero-order valence-electron chi connectivity index (χ0n) is 11.4. The summed E-state index contributed by atoms with van der Waals surface area (Å²) in [5.74, 6) is 0.722. The first kappa shape index (κ1) is 13.8. The molecular weight excluding hydrogens is 260 g/mol. The van der Waals surface area contributed by atoms with Crippen LogP contribution in [0.25, 0.3) is 0 Å². The van der Waals surface area contributed by atoms with Crippen molar-refractivity contribution in [2.45, 2.75) is 33.7 Å². The quantitative estimate of drug-likeness (QED) is 0.808. The minimum Gasteiger partial charge on any atom is -0.292 e. The molecule has 0 N–H and O–H groups in total. The van der Waals surface area contributed by atoms with Crippen molar-refractivity contribution in [3.63, 3.8) is 0 Å². The topological polar surface area (TPSA) is 34.9 Å². The molecule has 0 aliphatic heterocycles. The van der Waals surface area contributed by atoms with Gasteiger partial charge in [-0.1, -0.05) is 36.7 Å². The Morgan fingerprint density at radius 3 is 2.47 bits per heavy atom. The first-order valence-electron chi connectivity index (χ1n) is 6.34. The predicted molar refractivity (Wildman–Crippen MR) is 77.9 cm³/mol. The maximum atomic E-state index is 12.1. The lowest BCUT2D eigenvalue weighted by Gasteiger charge is -2.14. The first-order chi connectivity index (χ1) is 9.02. The predicted octanol–water partition coefficient (Wildman–Crippen LogP) is 3.12. The van der Waals surface area contributed by atoms with E-state index in [0.29, 0.717) is 13.0 Å². The van der Waals surface area contributed by atoms with Crippen molar-refractivity contribution in [3.05, 3.63) is 62.3 Å². The summed E-state index contributed by atoms with van der Waals surface area (Å²) in [6.45, 7) is 6.63. The van der Waals surface area contributed by atoms with Gasteiger partial charge in [0.25, 0.3) is 5.56 Å². The monoisotopic (exact) mass is 276 g/mol. The fraction of sp³-hybridized carbons (Fsp3) is 0.333. The second-order valence-corrected chi connectivity index (χ2v) is 5.03. The van der Waals surface area contributed by atoms with E-state index in [-0.39, 0.29) is 10.7 Å². The highest BCUT2D eigenvalue weighted by Crippen LogP contribution is 2.15. The Kier molecular flexibility index (Phi) is 4.05. The lowest BCUT2D eigenvalue weighted by atomic mass is 10.0. The number of halogens is 1. The summed E-state index contributed by atoms with van der Waals surface area (Å²) < 4.78 is 1.70. The van der Waals surface area contributed by atoms with E-state index in [9.17, 15) is 4.79 Å². The fourth-order valence-corrected chi connectivity index (χ4v) is 2.41. The summed E-state index contributed by atoms with van der Waals surface area (Å²) in [7, 11) is 0. The van der Waals surface area contributed by atoms with Gasteiger partial charge in [0.1, 0.15) is 11.0 Å². The number of benzene rings is 1. The van der Waals surface area contributed by atoms with E-state index in [1.165, 1.54) is 22.8 Å². The Morgan fingerprint density at radius 1 is 1.26 bits per heavy atom. The number of aromatic nitrogens is 2. The largest absolute Gasteiger partial charge is 0.292 e. The molecule has 1 aromatic carbocycles. The lowest BCUT2D eigenvalue weighted by Crippen LogP contribution is -2.25. The van der Waals surface area contributed by atoms with E-state index in [0.717, 1.165) is 5.82 Å². The van der Waals surface area contributed by atoms with Gasteiger partial charge in [0.05, 0.1) is 6.54 Å². The molecule has 0 aliphatic carbocycles. The molecule has 2 aromatic rings. The molecule has 0 fully saturated rings. The Balaban J connectivity index is 2.52. The van der Waals surface area contributed by atoms with Crippen LogP contribution in [0, 0.1) is 13.8 Å². The molecule has 0 radical (unpaired) electrons. The van der Waals surface area contributed by atoms with Gasteiger partial charge < -0.3 is 0 Å². The third kappa shape index (κ3) is 2.87. The van der Waals surface area contributed by atoms with Crippen LogP contribution in [-0.4, -0.2) is 9.55 Å². The van der Waals surface area contributed by atoms with Crippen molar-refractivity contribution in [1.82, 2.24) is 9.55 Å². The van der Waals surface area contributed by atoms with E-state index in [1.54, 1.807) is 4.57 Å². The molecule has 0 amide bonds. The first-order valence-corrected chi connectivity index (χ1v) is 6.72. The fourth-order valence-electron chi connectivity index (χ4n) is 2.22. The summed E-state index contributed by atoms with van der Waals surface area (Å²) >= 11 is 5.84. The van der Waals surface area contributed by atoms with Crippen LogP contribution < -0.4 is 5.56 Å². The molecule has 2 rings (SSSR count). The lowest BCUT2D eigenvalue weighted by molar-refractivity contribution is 0.670. The summed E-state index contributed by atoms with van der Waals surface area (Å²) in [6, 6.07) is 7.51. The molecule has 1 aromatic heterocycles. The molecule has 0 unspecified atom stereocenters. The van der Waals surface area contributed by atoms with Gasteiger partial charge in [-0.25, -0.2) is 4.98 Å². The number of aryl methyl sites for hydroxylation is 3. The molecule has 4 heteroatoms. The summed E-state index contributed by atoms with van der Waals surface area (Å²) in [6.07, 6.45) is 0.681. The summed E-state index contributed by atoms with van der Waals surface area (Å²) in [5.41, 5.74) is 3.44. The van der Waals surface area contributed by atoms with Crippen LogP contribution in [0.1, 0.15) is 29.4 Å². The number of hydrogen-bond acceptors (Lipinski definition) is 2. The molecule has 100 valence electrons. The number of hydrogen-bond donors (Lipinski definition) is 0. The molecule has 0 bridgehead atoms. The molecule has 0 spiro atoms. The van der Waals surface area contributed by atoms with Crippen molar-refractivity contribution in [2.75, 3.05) is 0 Å². The number of nitrogens with zero attached hydrogens (tertiary/aromatic N) is 2. The van der Waals surface area contributed by atoms with Gasteiger partial charge in [0, 0.05) is 12.5 Å². The highest BCUT2D eigenvalue weighted by Gasteiger charge is 2.09. The van der Waals surface area contributed by atoms with Gasteiger partial charge in [0.15, 0.2) is 0 Å². The van der Waals surface area contributed by atoms with Gasteiger partial charge in [-0.15, -0.1) is 0 Å².